The second-order valence-corrected chi connectivity index (χ2v) is 7.98. The molecule has 1 aromatic rings. The van der Waals surface area contributed by atoms with Crippen molar-refractivity contribution in [2.45, 2.75) is 64.8 Å². The van der Waals surface area contributed by atoms with Crippen LogP contribution in [0, 0.1) is 13.8 Å². The molecular weight excluding hydrogens is 332 g/mol. The average Bonchev–Trinajstić information content (AvgIpc) is 2.59. The normalized spacial score (nSPS) is 15.0. The number of anilines is 1. The molecule has 4 nitrogen and oxygen atoms in total. The SMILES string of the molecule is Cc1cccc(C)c1NC(=O)CCCSCC(=O)NC1CCCCC1. The van der Waals surface area contributed by atoms with E-state index in [-0.39, 0.29) is 11.8 Å². The van der Waals surface area contributed by atoms with Crippen LogP contribution in [0.4, 0.5) is 5.69 Å². The molecule has 2 N–H and O–H groups in total. The summed E-state index contributed by atoms with van der Waals surface area (Å²) in [5.74, 6) is 1.51. The van der Waals surface area contributed by atoms with Crippen LogP contribution in [0.3, 0.4) is 0 Å². The highest BCUT2D eigenvalue weighted by atomic mass is 32.2. The van der Waals surface area contributed by atoms with Gasteiger partial charge in [-0.25, -0.2) is 0 Å². The predicted molar refractivity (Wildman–Crippen MR) is 106 cm³/mol. The zero-order valence-corrected chi connectivity index (χ0v) is 16.2. The molecule has 0 spiro atoms. The van der Waals surface area contributed by atoms with Crippen molar-refractivity contribution in [2.75, 3.05) is 16.8 Å². The topological polar surface area (TPSA) is 58.2 Å². The van der Waals surface area contributed by atoms with Gasteiger partial charge in [-0.3, -0.25) is 9.59 Å². The van der Waals surface area contributed by atoms with Crippen LogP contribution in [-0.4, -0.2) is 29.4 Å². The van der Waals surface area contributed by atoms with Crippen LogP contribution in [0.1, 0.15) is 56.1 Å². The molecule has 1 aliphatic carbocycles. The lowest BCUT2D eigenvalue weighted by atomic mass is 9.95. The molecule has 0 saturated heterocycles. The summed E-state index contributed by atoms with van der Waals surface area (Å²) >= 11 is 1.61. The molecule has 0 heterocycles. The van der Waals surface area contributed by atoms with E-state index in [2.05, 4.69) is 10.6 Å². The van der Waals surface area contributed by atoms with Crippen molar-refractivity contribution in [1.82, 2.24) is 5.32 Å². The van der Waals surface area contributed by atoms with Crippen molar-refractivity contribution in [3.05, 3.63) is 29.3 Å². The Hall–Kier alpha value is -1.49. The summed E-state index contributed by atoms with van der Waals surface area (Å²) in [5.41, 5.74) is 3.09. The van der Waals surface area contributed by atoms with Crippen molar-refractivity contribution >= 4 is 29.3 Å². The van der Waals surface area contributed by atoms with Crippen molar-refractivity contribution < 1.29 is 9.59 Å². The monoisotopic (exact) mass is 362 g/mol. The molecule has 25 heavy (non-hydrogen) atoms. The minimum absolute atomic E-state index is 0.0460. The fraction of sp³-hybridized carbons (Fsp3) is 0.600. The summed E-state index contributed by atoms with van der Waals surface area (Å²) in [7, 11) is 0. The molecule has 0 aliphatic heterocycles. The van der Waals surface area contributed by atoms with Crippen LogP contribution in [0.25, 0.3) is 0 Å². The van der Waals surface area contributed by atoms with Gasteiger partial charge in [0, 0.05) is 18.2 Å². The fourth-order valence-corrected chi connectivity index (χ4v) is 3.99. The first-order chi connectivity index (χ1) is 12.1. The number of carbonyl (C=O) groups excluding carboxylic acids is 2. The molecule has 2 amide bonds. The average molecular weight is 363 g/mol. The van der Waals surface area contributed by atoms with Crippen molar-refractivity contribution in [3.8, 4) is 0 Å². The molecule has 0 aromatic heterocycles. The number of carbonyl (C=O) groups is 2. The minimum atomic E-state index is 0.0460. The van der Waals surface area contributed by atoms with Crippen LogP contribution < -0.4 is 10.6 Å². The molecular formula is C20H30N2O2S. The second-order valence-electron chi connectivity index (χ2n) is 6.87. The molecule has 0 bridgehead atoms. The number of para-hydroxylation sites is 1. The molecule has 1 aliphatic rings. The van der Waals surface area contributed by atoms with E-state index >= 15 is 0 Å². The number of aryl methyl sites for hydroxylation is 2. The van der Waals surface area contributed by atoms with Gasteiger partial charge in [-0.2, -0.15) is 11.8 Å². The van der Waals surface area contributed by atoms with E-state index in [0.29, 0.717) is 18.2 Å². The molecule has 5 heteroatoms. The van der Waals surface area contributed by atoms with Crippen molar-refractivity contribution in [1.29, 1.82) is 0 Å². The molecule has 1 fully saturated rings. The van der Waals surface area contributed by atoms with E-state index < -0.39 is 0 Å². The van der Waals surface area contributed by atoms with Gasteiger partial charge in [-0.1, -0.05) is 37.5 Å². The Kier molecular flexibility index (Phi) is 8.32. The van der Waals surface area contributed by atoms with E-state index in [4.69, 9.17) is 0 Å². The van der Waals surface area contributed by atoms with Crippen LogP contribution >= 0.6 is 11.8 Å². The van der Waals surface area contributed by atoms with Gasteiger partial charge in [0.1, 0.15) is 0 Å². The lowest BCUT2D eigenvalue weighted by Crippen LogP contribution is -2.37. The molecule has 1 aromatic carbocycles. The van der Waals surface area contributed by atoms with Gasteiger partial charge in [0.2, 0.25) is 11.8 Å². The highest BCUT2D eigenvalue weighted by Crippen LogP contribution is 2.20. The second kappa shape index (κ2) is 10.5. The highest BCUT2D eigenvalue weighted by Gasteiger charge is 2.15. The maximum Gasteiger partial charge on any atom is 0.230 e. The van der Waals surface area contributed by atoms with Crippen molar-refractivity contribution in [3.63, 3.8) is 0 Å². The van der Waals surface area contributed by atoms with Crippen LogP contribution in [0.5, 0.6) is 0 Å². The summed E-state index contributed by atoms with van der Waals surface area (Å²) in [6.07, 6.45) is 7.28. The van der Waals surface area contributed by atoms with Crippen LogP contribution in [0.2, 0.25) is 0 Å². The Bertz CT molecular complexity index is 563. The summed E-state index contributed by atoms with van der Waals surface area (Å²) in [6.45, 7) is 4.01. The first-order valence-electron chi connectivity index (χ1n) is 9.29. The fourth-order valence-electron chi connectivity index (χ4n) is 3.23. The van der Waals surface area contributed by atoms with E-state index in [1.54, 1.807) is 11.8 Å². The summed E-state index contributed by atoms with van der Waals surface area (Å²) < 4.78 is 0. The molecule has 0 radical (unpaired) electrons. The van der Waals surface area contributed by atoms with E-state index in [9.17, 15) is 9.59 Å². The van der Waals surface area contributed by atoms with Crippen molar-refractivity contribution in [2.24, 2.45) is 0 Å². The molecule has 0 atom stereocenters. The van der Waals surface area contributed by atoms with Gasteiger partial charge in [0.15, 0.2) is 0 Å². The zero-order chi connectivity index (χ0) is 18.1. The number of thioether (sulfide) groups is 1. The zero-order valence-electron chi connectivity index (χ0n) is 15.4. The smallest absolute Gasteiger partial charge is 0.230 e. The van der Waals surface area contributed by atoms with Gasteiger partial charge in [-0.05, 0) is 50.0 Å². The third-order valence-corrected chi connectivity index (χ3v) is 5.69. The molecule has 1 saturated carbocycles. The van der Waals surface area contributed by atoms with E-state index in [1.807, 2.05) is 32.0 Å². The van der Waals surface area contributed by atoms with Gasteiger partial charge in [0.25, 0.3) is 0 Å². The summed E-state index contributed by atoms with van der Waals surface area (Å²) in [4.78, 5) is 24.0. The largest absolute Gasteiger partial charge is 0.353 e. The Morgan fingerprint density at radius 1 is 1.08 bits per heavy atom. The molecule has 0 unspecified atom stereocenters. The maximum absolute atomic E-state index is 12.1. The van der Waals surface area contributed by atoms with Gasteiger partial charge in [-0.15, -0.1) is 0 Å². The minimum Gasteiger partial charge on any atom is -0.353 e. The van der Waals surface area contributed by atoms with E-state index in [1.165, 1.54) is 19.3 Å². The first kappa shape index (κ1) is 19.8. The Morgan fingerprint density at radius 2 is 1.76 bits per heavy atom. The van der Waals surface area contributed by atoms with Gasteiger partial charge in [0.05, 0.1) is 5.75 Å². The number of nitrogens with one attached hydrogen (secondary N) is 2. The molecule has 138 valence electrons. The summed E-state index contributed by atoms with van der Waals surface area (Å²) in [5, 5.41) is 6.13. The first-order valence-corrected chi connectivity index (χ1v) is 10.4. The number of amides is 2. The number of hydrogen-bond acceptors (Lipinski definition) is 3. The Morgan fingerprint density at radius 3 is 2.44 bits per heavy atom. The quantitative estimate of drug-likeness (QED) is 0.681. The number of benzene rings is 1. The molecule has 2 rings (SSSR count). The lowest BCUT2D eigenvalue weighted by Gasteiger charge is -2.22. The predicted octanol–water partition coefficient (Wildman–Crippen LogP) is 4.20. The van der Waals surface area contributed by atoms with Gasteiger partial charge >= 0.3 is 0 Å². The lowest BCUT2D eigenvalue weighted by molar-refractivity contribution is -0.119. The van der Waals surface area contributed by atoms with Crippen LogP contribution in [0.15, 0.2) is 18.2 Å². The van der Waals surface area contributed by atoms with Gasteiger partial charge < -0.3 is 10.6 Å². The highest BCUT2D eigenvalue weighted by molar-refractivity contribution is 7.99. The van der Waals surface area contributed by atoms with Crippen LogP contribution in [-0.2, 0) is 9.59 Å². The third-order valence-electron chi connectivity index (χ3n) is 4.64. The Labute approximate surface area is 155 Å². The number of rotatable bonds is 8. The standard InChI is InChI=1S/C20H30N2O2S/c1-15-8-6-9-16(2)20(15)22-18(23)12-7-13-25-14-19(24)21-17-10-4-3-5-11-17/h6,8-9,17H,3-5,7,10-14H2,1-2H3,(H,21,24)(H,22,23). The summed E-state index contributed by atoms with van der Waals surface area (Å²) in [6, 6.07) is 6.38. The van der Waals surface area contributed by atoms with E-state index in [0.717, 1.165) is 41.8 Å². The third kappa shape index (κ3) is 7.10. The number of hydrogen-bond donors (Lipinski definition) is 2. The Balaban J connectivity index is 1.57. The maximum atomic E-state index is 12.1.